The van der Waals surface area contributed by atoms with Crippen LogP contribution in [0.15, 0.2) is 42.5 Å². The summed E-state index contributed by atoms with van der Waals surface area (Å²) in [4.78, 5) is 24.2. The first-order valence-electron chi connectivity index (χ1n) is 8.35. The van der Waals surface area contributed by atoms with Gasteiger partial charge in [-0.25, -0.2) is 0 Å². The number of aliphatic carboxylic acids is 1. The summed E-state index contributed by atoms with van der Waals surface area (Å²) >= 11 is 0. The smallest absolute Gasteiger partial charge is 0.308 e. The van der Waals surface area contributed by atoms with Gasteiger partial charge in [-0.1, -0.05) is 18.2 Å². The standard InChI is InChI=1S/C20H23NO6/c1-25-15-8-9-18(27-3)16(11-15)19(22)21-12-14(20(23)24)10-13-6-4-5-7-17(13)26-2/h4-9,11,14H,10,12H2,1-3H3,(H,21,22)(H,23,24). The monoisotopic (exact) mass is 373 g/mol. The van der Waals surface area contributed by atoms with Crippen LogP contribution in [0.3, 0.4) is 0 Å². The Morgan fingerprint density at radius 3 is 2.33 bits per heavy atom. The zero-order chi connectivity index (χ0) is 19.8. The number of ether oxygens (including phenoxy) is 3. The summed E-state index contributed by atoms with van der Waals surface area (Å²) in [6, 6.07) is 12.1. The van der Waals surface area contributed by atoms with Crippen molar-refractivity contribution >= 4 is 11.9 Å². The molecule has 0 aliphatic carbocycles. The largest absolute Gasteiger partial charge is 0.497 e. The van der Waals surface area contributed by atoms with Crippen LogP contribution in [0.25, 0.3) is 0 Å². The van der Waals surface area contributed by atoms with Gasteiger partial charge in [-0.05, 0) is 36.2 Å². The topological polar surface area (TPSA) is 94.1 Å². The summed E-state index contributed by atoms with van der Waals surface area (Å²) in [5.41, 5.74) is 1.04. The molecule has 2 rings (SSSR count). The highest BCUT2D eigenvalue weighted by atomic mass is 16.5. The highest BCUT2D eigenvalue weighted by Gasteiger charge is 2.22. The van der Waals surface area contributed by atoms with E-state index in [2.05, 4.69) is 5.32 Å². The molecule has 0 saturated heterocycles. The third kappa shape index (κ3) is 5.13. The van der Waals surface area contributed by atoms with E-state index in [1.807, 2.05) is 18.2 Å². The predicted molar refractivity (Wildman–Crippen MR) is 99.7 cm³/mol. The first kappa shape index (κ1) is 20.1. The second-order valence-corrected chi connectivity index (χ2v) is 5.83. The average molecular weight is 373 g/mol. The van der Waals surface area contributed by atoms with Crippen molar-refractivity contribution in [1.29, 1.82) is 0 Å². The van der Waals surface area contributed by atoms with Gasteiger partial charge in [0, 0.05) is 6.54 Å². The highest BCUT2D eigenvalue weighted by Crippen LogP contribution is 2.24. The number of nitrogens with one attached hydrogen (secondary N) is 1. The second-order valence-electron chi connectivity index (χ2n) is 5.83. The number of methoxy groups -OCH3 is 3. The average Bonchev–Trinajstić information content (AvgIpc) is 2.70. The molecule has 0 fully saturated rings. The van der Waals surface area contributed by atoms with Gasteiger partial charge in [0.25, 0.3) is 5.91 Å². The van der Waals surface area contributed by atoms with E-state index in [1.165, 1.54) is 21.3 Å². The molecule has 0 radical (unpaired) electrons. The van der Waals surface area contributed by atoms with Crippen molar-refractivity contribution in [2.75, 3.05) is 27.9 Å². The summed E-state index contributed by atoms with van der Waals surface area (Å²) in [6.45, 7) is -0.0351. The Labute approximate surface area is 157 Å². The number of carbonyl (C=O) groups excluding carboxylic acids is 1. The van der Waals surface area contributed by atoms with Crippen LogP contribution in [0.4, 0.5) is 0 Å². The van der Waals surface area contributed by atoms with Gasteiger partial charge in [-0.2, -0.15) is 0 Å². The number of benzene rings is 2. The van der Waals surface area contributed by atoms with Crippen LogP contribution in [0.2, 0.25) is 0 Å². The molecule has 0 aliphatic heterocycles. The molecule has 144 valence electrons. The van der Waals surface area contributed by atoms with Crippen LogP contribution in [-0.2, 0) is 11.2 Å². The van der Waals surface area contributed by atoms with Gasteiger partial charge in [0.2, 0.25) is 0 Å². The number of amides is 1. The lowest BCUT2D eigenvalue weighted by Gasteiger charge is -2.16. The fourth-order valence-corrected chi connectivity index (χ4v) is 2.69. The minimum Gasteiger partial charge on any atom is -0.497 e. The number of rotatable bonds is 9. The first-order chi connectivity index (χ1) is 13.0. The van der Waals surface area contributed by atoms with Crippen molar-refractivity contribution in [2.24, 2.45) is 5.92 Å². The Morgan fingerprint density at radius 1 is 1.00 bits per heavy atom. The quantitative estimate of drug-likeness (QED) is 0.701. The van der Waals surface area contributed by atoms with E-state index in [0.29, 0.717) is 17.2 Å². The van der Waals surface area contributed by atoms with Crippen LogP contribution in [0, 0.1) is 5.92 Å². The minimum atomic E-state index is -1.00. The Hall–Kier alpha value is -3.22. The molecule has 7 nitrogen and oxygen atoms in total. The van der Waals surface area contributed by atoms with Gasteiger partial charge in [-0.3, -0.25) is 9.59 Å². The van der Waals surface area contributed by atoms with E-state index >= 15 is 0 Å². The van der Waals surface area contributed by atoms with Gasteiger partial charge >= 0.3 is 5.97 Å². The molecular formula is C20H23NO6. The summed E-state index contributed by atoms with van der Waals surface area (Å²) in [6.07, 6.45) is 0.231. The summed E-state index contributed by atoms with van der Waals surface area (Å²) in [5, 5.41) is 12.2. The van der Waals surface area contributed by atoms with Gasteiger partial charge in [0.1, 0.15) is 17.2 Å². The van der Waals surface area contributed by atoms with E-state index in [4.69, 9.17) is 14.2 Å². The molecule has 1 atom stereocenters. The normalized spacial score (nSPS) is 11.4. The summed E-state index contributed by atoms with van der Waals surface area (Å²) < 4.78 is 15.6. The molecule has 0 saturated carbocycles. The number of hydrogen-bond acceptors (Lipinski definition) is 5. The third-order valence-corrected chi connectivity index (χ3v) is 4.17. The van der Waals surface area contributed by atoms with Crippen molar-refractivity contribution in [3.63, 3.8) is 0 Å². The van der Waals surface area contributed by atoms with Gasteiger partial charge in [0.05, 0.1) is 32.8 Å². The maximum Gasteiger partial charge on any atom is 0.308 e. The maximum absolute atomic E-state index is 12.5. The summed E-state index contributed by atoms with van der Waals surface area (Å²) in [7, 11) is 4.49. The highest BCUT2D eigenvalue weighted by molar-refractivity contribution is 5.97. The molecular weight excluding hydrogens is 350 g/mol. The summed E-state index contributed by atoms with van der Waals surface area (Å²) in [5.74, 6) is -0.739. The van der Waals surface area contributed by atoms with E-state index < -0.39 is 17.8 Å². The Morgan fingerprint density at radius 2 is 1.70 bits per heavy atom. The molecule has 0 aromatic heterocycles. The molecule has 0 heterocycles. The maximum atomic E-state index is 12.5. The van der Waals surface area contributed by atoms with Crippen LogP contribution >= 0.6 is 0 Å². The zero-order valence-corrected chi connectivity index (χ0v) is 15.5. The fourth-order valence-electron chi connectivity index (χ4n) is 2.69. The van der Waals surface area contributed by atoms with E-state index in [-0.39, 0.29) is 18.5 Å². The molecule has 2 N–H and O–H groups in total. The van der Waals surface area contributed by atoms with Gasteiger partial charge < -0.3 is 24.6 Å². The van der Waals surface area contributed by atoms with Gasteiger partial charge in [-0.15, -0.1) is 0 Å². The molecule has 2 aromatic rings. The first-order valence-corrected chi connectivity index (χ1v) is 8.35. The third-order valence-electron chi connectivity index (χ3n) is 4.17. The van der Waals surface area contributed by atoms with E-state index in [9.17, 15) is 14.7 Å². The van der Waals surface area contributed by atoms with Crippen LogP contribution in [0.1, 0.15) is 15.9 Å². The van der Waals surface area contributed by atoms with Crippen LogP contribution < -0.4 is 19.5 Å². The zero-order valence-electron chi connectivity index (χ0n) is 15.5. The lowest BCUT2D eigenvalue weighted by atomic mass is 9.98. The lowest BCUT2D eigenvalue weighted by molar-refractivity contribution is -0.141. The fraction of sp³-hybridized carbons (Fsp3) is 0.300. The van der Waals surface area contributed by atoms with Gasteiger partial charge in [0.15, 0.2) is 0 Å². The van der Waals surface area contributed by atoms with E-state index in [0.717, 1.165) is 5.56 Å². The van der Waals surface area contributed by atoms with Crippen molar-refractivity contribution in [1.82, 2.24) is 5.32 Å². The molecule has 0 aliphatic rings. The molecule has 1 unspecified atom stereocenters. The number of hydrogen-bond donors (Lipinski definition) is 2. The van der Waals surface area contributed by atoms with E-state index in [1.54, 1.807) is 24.3 Å². The van der Waals surface area contributed by atoms with Crippen molar-refractivity contribution in [2.45, 2.75) is 6.42 Å². The molecule has 2 aromatic carbocycles. The van der Waals surface area contributed by atoms with Crippen molar-refractivity contribution in [3.05, 3.63) is 53.6 Å². The number of carboxylic acid groups (broad SMARTS) is 1. The Kier molecular flexibility index (Phi) is 7.05. The molecule has 7 heteroatoms. The van der Waals surface area contributed by atoms with Crippen molar-refractivity contribution in [3.8, 4) is 17.2 Å². The van der Waals surface area contributed by atoms with Crippen LogP contribution in [-0.4, -0.2) is 44.9 Å². The number of para-hydroxylation sites is 1. The van der Waals surface area contributed by atoms with Crippen molar-refractivity contribution < 1.29 is 28.9 Å². The SMILES string of the molecule is COc1ccc(OC)c(C(=O)NCC(Cc2ccccc2OC)C(=O)O)c1. The number of carboxylic acids is 1. The Bertz CT molecular complexity index is 805. The molecule has 27 heavy (non-hydrogen) atoms. The number of carbonyl (C=O) groups is 2. The van der Waals surface area contributed by atoms with Crippen LogP contribution in [0.5, 0.6) is 17.2 Å². The molecule has 0 bridgehead atoms. The minimum absolute atomic E-state index is 0.0351. The second kappa shape index (κ2) is 9.47. The molecule has 1 amide bonds. The predicted octanol–water partition coefficient (Wildman–Crippen LogP) is 2.39. The lowest BCUT2D eigenvalue weighted by Crippen LogP contribution is -2.34. The molecule has 0 spiro atoms. The Balaban J connectivity index is 2.12.